The smallest absolute Gasteiger partial charge is 0.317 e. The second kappa shape index (κ2) is 9.50. The summed E-state index contributed by atoms with van der Waals surface area (Å²) in [6.45, 7) is 12.2. The van der Waals surface area contributed by atoms with Crippen LogP contribution in [0.15, 0.2) is 0 Å². The molecule has 3 N–H and O–H groups in total. The molecule has 0 aliphatic carbocycles. The van der Waals surface area contributed by atoms with Gasteiger partial charge in [0.25, 0.3) is 0 Å². The molecule has 0 fully saturated rings. The zero-order valence-electron chi connectivity index (χ0n) is 17.5. The summed E-state index contributed by atoms with van der Waals surface area (Å²) in [6.07, 6.45) is -0.603. The Hall–Kier alpha value is -1.67. The zero-order valence-corrected chi connectivity index (χ0v) is 17.5. The van der Waals surface area contributed by atoms with Crippen molar-refractivity contribution in [1.29, 1.82) is 0 Å². The standard InChI is InChI=1S/C19H35NO7/c1-17(2,3)12-19(7,18(4,5)6)16(26)27-11-13(21)8-20(9-14(22)23)10-15(24)25/h13,21H,8-12H2,1-7H3,(H,22,23)(H,24,25). The molecule has 0 aromatic heterocycles. The first kappa shape index (κ1) is 25.3. The van der Waals surface area contributed by atoms with Crippen molar-refractivity contribution in [1.82, 2.24) is 4.90 Å². The molecule has 2 atom stereocenters. The molecular formula is C19H35NO7. The van der Waals surface area contributed by atoms with Gasteiger partial charge in [0.05, 0.1) is 18.5 Å². The fourth-order valence-corrected chi connectivity index (χ4v) is 2.95. The van der Waals surface area contributed by atoms with Crippen molar-refractivity contribution in [2.24, 2.45) is 16.2 Å². The number of ether oxygens (including phenoxy) is 1. The fraction of sp³-hybridized carbons (Fsp3) is 0.842. The van der Waals surface area contributed by atoms with Crippen LogP contribution in [0.1, 0.15) is 54.9 Å². The zero-order chi connectivity index (χ0) is 21.6. The van der Waals surface area contributed by atoms with E-state index in [1.165, 1.54) is 0 Å². The summed E-state index contributed by atoms with van der Waals surface area (Å²) >= 11 is 0. The molecule has 0 saturated heterocycles. The van der Waals surface area contributed by atoms with Crippen molar-refractivity contribution in [3.8, 4) is 0 Å². The molecule has 0 saturated carbocycles. The third-order valence-electron chi connectivity index (χ3n) is 4.58. The van der Waals surface area contributed by atoms with Crippen LogP contribution in [0.25, 0.3) is 0 Å². The molecule has 0 aliphatic rings. The van der Waals surface area contributed by atoms with Crippen molar-refractivity contribution in [3.05, 3.63) is 0 Å². The molecule has 0 rings (SSSR count). The van der Waals surface area contributed by atoms with Crippen LogP contribution in [0, 0.1) is 16.2 Å². The van der Waals surface area contributed by atoms with Crippen molar-refractivity contribution < 1.29 is 34.4 Å². The summed E-state index contributed by atoms with van der Waals surface area (Å²) in [7, 11) is 0. The van der Waals surface area contributed by atoms with Gasteiger partial charge >= 0.3 is 17.9 Å². The Kier molecular flexibility index (Phi) is 8.92. The lowest BCUT2D eigenvalue weighted by atomic mass is 9.61. The number of hydrogen-bond donors (Lipinski definition) is 3. The lowest BCUT2D eigenvalue weighted by Crippen LogP contribution is -2.46. The van der Waals surface area contributed by atoms with Gasteiger partial charge in [-0.15, -0.1) is 0 Å². The van der Waals surface area contributed by atoms with E-state index in [0.717, 1.165) is 4.90 Å². The SMILES string of the molecule is CC(C)(C)CC(C)(C(=O)OCC(O)CN(CC(=O)O)CC(=O)O)C(C)(C)C. The maximum Gasteiger partial charge on any atom is 0.317 e. The average molecular weight is 389 g/mol. The van der Waals surface area contributed by atoms with Gasteiger partial charge in [-0.3, -0.25) is 19.3 Å². The van der Waals surface area contributed by atoms with Gasteiger partial charge in [0.1, 0.15) is 12.7 Å². The summed E-state index contributed by atoms with van der Waals surface area (Å²) in [5.74, 6) is -2.84. The maximum atomic E-state index is 12.8. The molecule has 8 nitrogen and oxygen atoms in total. The average Bonchev–Trinajstić information content (AvgIpc) is 2.39. The van der Waals surface area contributed by atoms with E-state index in [1.807, 2.05) is 48.5 Å². The first-order valence-electron chi connectivity index (χ1n) is 8.99. The number of nitrogens with zero attached hydrogens (tertiary/aromatic N) is 1. The number of carbonyl (C=O) groups is 3. The number of aliphatic hydroxyl groups excluding tert-OH is 1. The van der Waals surface area contributed by atoms with Gasteiger partial charge in [-0.1, -0.05) is 41.5 Å². The van der Waals surface area contributed by atoms with Gasteiger partial charge in [-0.25, -0.2) is 0 Å². The van der Waals surface area contributed by atoms with Crippen molar-refractivity contribution in [2.75, 3.05) is 26.2 Å². The van der Waals surface area contributed by atoms with Crippen LogP contribution in [0.5, 0.6) is 0 Å². The third-order valence-corrected chi connectivity index (χ3v) is 4.58. The summed E-state index contributed by atoms with van der Waals surface area (Å²) in [5, 5.41) is 27.8. The summed E-state index contributed by atoms with van der Waals surface area (Å²) < 4.78 is 5.34. The number of esters is 1. The van der Waals surface area contributed by atoms with Crippen LogP contribution < -0.4 is 0 Å². The molecule has 0 heterocycles. The van der Waals surface area contributed by atoms with Gasteiger partial charge in [0.15, 0.2) is 0 Å². The number of hydrogen-bond acceptors (Lipinski definition) is 6. The van der Waals surface area contributed by atoms with Crippen LogP contribution in [0.4, 0.5) is 0 Å². The highest BCUT2D eigenvalue weighted by molar-refractivity contribution is 5.77. The van der Waals surface area contributed by atoms with E-state index in [-0.39, 0.29) is 24.0 Å². The molecule has 158 valence electrons. The van der Waals surface area contributed by atoms with E-state index >= 15 is 0 Å². The minimum Gasteiger partial charge on any atom is -0.480 e. The number of carboxylic acid groups (broad SMARTS) is 2. The second-order valence-electron chi connectivity index (χ2n) is 9.53. The Morgan fingerprint density at radius 2 is 1.37 bits per heavy atom. The second-order valence-corrected chi connectivity index (χ2v) is 9.53. The van der Waals surface area contributed by atoms with Gasteiger partial charge in [-0.2, -0.15) is 0 Å². The first-order chi connectivity index (χ1) is 12.0. The highest BCUT2D eigenvalue weighted by Gasteiger charge is 2.47. The molecule has 8 heteroatoms. The number of carboxylic acids is 2. The Morgan fingerprint density at radius 1 is 0.926 bits per heavy atom. The highest BCUT2D eigenvalue weighted by atomic mass is 16.5. The minimum absolute atomic E-state index is 0.112. The largest absolute Gasteiger partial charge is 0.480 e. The molecule has 0 spiro atoms. The van der Waals surface area contributed by atoms with Crippen LogP contribution in [0.3, 0.4) is 0 Å². The van der Waals surface area contributed by atoms with Gasteiger partial charge < -0.3 is 20.1 Å². The van der Waals surface area contributed by atoms with Crippen molar-refractivity contribution in [3.63, 3.8) is 0 Å². The topological polar surface area (TPSA) is 124 Å². The first-order valence-corrected chi connectivity index (χ1v) is 8.99. The summed E-state index contributed by atoms with van der Waals surface area (Å²) in [4.78, 5) is 35.5. The predicted molar refractivity (Wildman–Crippen MR) is 100 cm³/mol. The van der Waals surface area contributed by atoms with Crippen LogP contribution in [0.2, 0.25) is 0 Å². The van der Waals surface area contributed by atoms with Gasteiger partial charge in [-0.05, 0) is 24.2 Å². The van der Waals surface area contributed by atoms with Gasteiger partial charge in [0, 0.05) is 6.54 Å². The quantitative estimate of drug-likeness (QED) is 0.484. The number of aliphatic hydroxyl groups is 1. The Balaban J connectivity index is 5.01. The Labute approximate surface area is 161 Å². The van der Waals surface area contributed by atoms with E-state index in [1.54, 1.807) is 0 Å². The number of carbonyl (C=O) groups excluding carboxylic acids is 1. The van der Waals surface area contributed by atoms with E-state index in [2.05, 4.69) is 0 Å². The van der Waals surface area contributed by atoms with Crippen molar-refractivity contribution >= 4 is 17.9 Å². The van der Waals surface area contributed by atoms with E-state index in [4.69, 9.17) is 14.9 Å². The van der Waals surface area contributed by atoms with Crippen LogP contribution in [-0.2, 0) is 19.1 Å². The normalized spacial score (nSPS) is 15.9. The Morgan fingerprint density at radius 3 is 1.70 bits per heavy atom. The maximum absolute atomic E-state index is 12.8. The number of aliphatic carboxylic acids is 2. The van der Waals surface area contributed by atoms with E-state index in [0.29, 0.717) is 6.42 Å². The molecule has 0 bridgehead atoms. The molecule has 0 aromatic rings. The molecule has 0 radical (unpaired) electrons. The Bertz CT molecular complexity index is 517. The van der Waals surface area contributed by atoms with Crippen molar-refractivity contribution in [2.45, 2.75) is 61.0 Å². The predicted octanol–water partition coefficient (Wildman–Crippen LogP) is 1.85. The lowest BCUT2D eigenvalue weighted by Gasteiger charge is -2.43. The van der Waals surface area contributed by atoms with Gasteiger partial charge in [0.2, 0.25) is 0 Å². The molecule has 0 amide bonds. The summed E-state index contributed by atoms with van der Waals surface area (Å²) in [6, 6.07) is 0. The van der Waals surface area contributed by atoms with Crippen LogP contribution in [-0.4, -0.2) is 70.5 Å². The molecule has 2 unspecified atom stereocenters. The molecular weight excluding hydrogens is 354 g/mol. The van der Waals surface area contributed by atoms with E-state index < -0.39 is 42.5 Å². The molecule has 27 heavy (non-hydrogen) atoms. The summed E-state index contributed by atoms with van der Waals surface area (Å²) in [5.41, 5.74) is -1.27. The fourth-order valence-electron chi connectivity index (χ4n) is 2.95. The van der Waals surface area contributed by atoms with E-state index in [9.17, 15) is 19.5 Å². The monoisotopic (exact) mass is 389 g/mol. The molecule has 0 aliphatic heterocycles. The minimum atomic E-state index is -1.20. The third kappa shape index (κ3) is 9.19. The van der Waals surface area contributed by atoms with Crippen LogP contribution >= 0.6 is 0 Å². The highest BCUT2D eigenvalue weighted by Crippen LogP contribution is 2.47. The molecule has 0 aromatic carbocycles. The number of rotatable bonds is 10. The lowest BCUT2D eigenvalue weighted by molar-refractivity contribution is -0.168.